The van der Waals surface area contributed by atoms with Crippen LogP contribution in [0.2, 0.25) is 5.15 Å². The summed E-state index contributed by atoms with van der Waals surface area (Å²) in [5.74, 6) is 0. The van der Waals surface area contributed by atoms with Gasteiger partial charge in [-0.25, -0.2) is 4.98 Å². The van der Waals surface area contributed by atoms with Crippen LogP contribution in [0.25, 0.3) is 49.9 Å². The zero-order chi connectivity index (χ0) is 21.5. The Balaban J connectivity index is 1.46. The summed E-state index contributed by atoms with van der Waals surface area (Å²) in [5.41, 5.74) is 7.64. The smallest absolute Gasteiger partial charge is 0.130 e. The highest BCUT2D eigenvalue weighted by Crippen LogP contribution is 2.33. The number of nitrogens with zero attached hydrogens (tertiary/aromatic N) is 2. The maximum Gasteiger partial charge on any atom is 0.130 e. The summed E-state index contributed by atoms with van der Waals surface area (Å²) in [4.78, 5) is 4.52. The van der Waals surface area contributed by atoms with Crippen molar-refractivity contribution in [1.29, 1.82) is 0 Å². The van der Waals surface area contributed by atoms with E-state index in [-0.39, 0.29) is 0 Å². The van der Waals surface area contributed by atoms with E-state index in [2.05, 4.69) is 88.4 Å². The SMILES string of the molecule is Clc1cc(-c2ccc(-n3c4ccccc4c4ccccc43)cc2)cc(-c2ccccc2)n1. The van der Waals surface area contributed by atoms with Gasteiger partial charge in [-0.2, -0.15) is 0 Å². The van der Waals surface area contributed by atoms with Crippen LogP contribution in [0.4, 0.5) is 0 Å². The van der Waals surface area contributed by atoms with Crippen LogP contribution in [0.5, 0.6) is 0 Å². The van der Waals surface area contributed by atoms with Crippen molar-refractivity contribution in [2.45, 2.75) is 0 Å². The lowest BCUT2D eigenvalue weighted by Gasteiger charge is -2.10. The Labute approximate surface area is 191 Å². The van der Waals surface area contributed by atoms with Crippen LogP contribution in [0.1, 0.15) is 0 Å². The van der Waals surface area contributed by atoms with E-state index in [1.807, 2.05) is 36.4 Å². The molecule has 4 aromatic carbocycles. The number of rotatable bonds is 3. The molecule has 0 aliphatic rings. The lowest BCUT2D eigenvalue weighted by atomic mass is 10.0. The third-order valence-electron chi connectivity index (χ3n) is 5.90. The van der Waals surface area contributed by atoms with Crippen molar-refractivity contribution in [2.75, 3.05) is 0 Å². The van der Waals surface area contributed by atoms with E-state index >= 15 is 0 Å². The Morgan fingerprint density at radius 2 is 1.12 bits per heavy atom. The zero-order valence-corrected chi connectivity index (χ0v) is 18.0. The van der Waals surface area contributed by atoms with Crippen molar-refractivity contribution >= 4 is 33.4 Å². The highest BCUT2D eigenvalue weighted by Gasteiger charge is 2.12. The first-order valence-electron chi connectivity index (χ1n) is 10.6. The van der Waals surface area contributed by atoms with Gasteiger partial charge >= 0.3 is 0 Å². The molecule has 152 valence electrons. The lowest BCUT2D eigenvalue weighted by molar-refractivity contribution is 1.18. The first-order valence-corrected chi connectivity index (χ1v) is 11.0. The summed E-state index contributed by atoms with van der Waals surface area (Å²) < 4.78 is 2.32. The third kappa shape index (κ3) is 3.17. The highest BCUT2D eigenvalue weighted by atomic mass is 35.5. The van der Waals surface area contributed by atoms with Crippen molar-refractivity contribution in [1.82, 2.24) is 9.55 Å². The summed E-state index contributed by atoms with van der Waals surface area (Å²) in [6, 6.07) is 39.9. The average Bonchev–Trinajstić information content (AvgIpc) is 3.19. The van der Waals surface area contributed by atoms with E-state index in [0.717, 1.165) is 28.1 Å². The van der Waals surface area contributed by atoms with Gasteiger partial charge in [0.15, 0.2) is 0 Å². The summed E-state index contributed by atoms with van der Waals surface area (Å²) in [5, 5.41) is 3.02. The Kier molecular flexibility index (Phi) is 4.52. The molecule has 3 heteroatoms. The van der Waals surface area contributed by atoms with Crippen LogP contribution in [-0.4, -0.2) is 9.55 Å². The van der Waals surface area contributed by atoms with Crippen molar-refractivity contribution in [3.05, 3.63) is 120 Å². The van der Waals surface area contributed by atoms with Crippen LogP contribution < -0.4 is 0 Å². The van der Waals surface area contributed by atoms with Crippen molar-refractivity contribution in [3.63, 3.8) is 0 Å². The van der Waals surface area contributed by atoms with Crippen molar-refractivity contribution in [3.8, 4) is 28.1 Å². The molecule has 0 aliphatic carbocycles. The molecule has 0 fully saturated rings. The molecule has 0 bridgehead atoms. The molecule has 0 atom stereocenters. The Hall–Kier alpha value is -3.88. The van der Waals surface area contributed by atoms with E-state index in [0.29, 0.717) is 5.15 Å². The van der Waals surface area contributed by atoms with Crippen LogP contribution in [-0.2, 0) is 0 Å². The third-order valence-corrected chi connectivity index (χ3v) is 6.10. The number of aromatic nitrogens is 2. The number of hydrogen-bond donors (Lipinski definition) is 0. The molecule has 6 aromatic rings. The molecule has 0 saturated heterocycles. The molecule has 0 unspecified atom stereocenters. The van der Waals surface area contributed by atoms with Crippen LogP contribution in [0.15, 0.2) is 115 Å². The quantitative estimate of drug-likeness (QED) is 0.259. The van der Waals surface area contributed by atoms with Gasteiger partial charge in [-0.1, -0.05) is 90.5 Å². The second-order valence-electron chi connectivity index (χ2n) is 7.85. The molecule has 32 heavy (non-hydrogen) atoms. The van der Waals surface area contributed by atoms with Gasteiger partial charge in [0, 0.05) is 22.0 Å². The number of hydrogen-bond acceptors (Lipinski definition) is 1. The Morgan fingerprint density at radius 1 is 0.531 bits per heavy atom. The molecule has 0 N–H and O–H groups in total. The molecule has 0 amide bonds. The topological polar surface area (TPSA) is 17.8 Å². The standard InChI is InChI=1S/C29H19ClN2/c30-29-19-22(18-26(31-29)21-8-2-1-3-9-21)20-14-16-23(17-15-20)32-27-12-6-4-10-24(27)25-11-5-7-13-28(25)32/h1-19H. The maximum absolute atomic E-state index is 6.38. The number of fused-ring (bicyclic) bond motifs is 3. The molecule has 2 heterocycles. The first-order chi connectivity index (χ1) is 15.8. The van der Waals surface area contributed by atoms with Crippen LogP contribution in [0.3, 0.4) is 0 Å². The van der Waals surface area contributed by atoms with Gasteiger partial charge in [-0.15, -0.1) is 0 Å². The van der Waals surface area contributed by atoms with Gasteiger partial charge in [0.2, 0.25) is 0 Å². The molecule has 2 aromatic heterocycles. The fourth-order valence-electron chi connectivity index (χ4n) is 4.42. The molecule has 0 radical (unpaired) electrons. The molecule has 0 spiro atoms. The fraction of sp³-hybridized carbons (Fsp3) is 0. The second kappa shape index (κ2) is 7.67. The van der Waals surface area contributed by atoms with E-state index in [9.17, 15) is 0 Å². The van der Waals surface area contributed by atoms with Gasteiger partial charge in [0.05, 0.1) is 16.7 Å². The fourth-order valence-corrected chi connectivity index (χ4v) is 4.63. The van der Waals surface area contributed by atoms with E-state index in [1.54, 1.807) is 0 Å². The summed E-state index contributed by atoms with van der Waals surface area (Å²) in [6.45, 7) is 0. The molecule has 0 saturated carbocycles. The van der Waals surface area contributed by atoms with Crippen LogP contribution >= 0.6 is 11.6 Å². The summed E-state index contributed by atoms with van der Waals surface area (Å²) >= 11 is 6.38. The number of benzene rings is 4. The summed E-state index contributed by atoms with van der Waals surface area (Å²) in [7, 11) is 0. The molecular weight excluding hydrogens is 412 g/mol. The highest BCUT2D eigenvalue weighted by molar-refractivity contribution is 6.29. The van der Waals surface area contributed by atoms with E-state index < -0.39 is 0 Å². The van der Waals surface area contributed by atoms with Gasteiger partial charge in [0.1, 0.15) is 5.15 Å². The van der Waals surface area contributed by atoms with Gasteiger partial charge in [0.25, 0.3) is 0 Å². The van der Waals surface area contributed by atoms with Gasteiger partial charge < -0.3 is 4.57 Å². The normalized spacial score (nSPS) is 11.3. The molecular formula is C29H19ClN2. The largest absolute Gasteiger partial charge is 0.309 e. The van der Waals surface area contributed by atoms with Crippen molar-refractivity contribution < 1.29 is 0 Å². The van der Waals surface area contributed by atoms with E-state index in [4.69, 9.17) is 11.6 Å². The number of pyridine rings is 1. The Bertz CT molecular complexity index is 1510. The summed E-state index contributed by atoms with van der Waals surface area (Å²) in [6.07, 6.45) is 0. The van der Waals surface area contributed by atoms with Gasteiger partial charge in [-0.05, 0) is 47.5 Å². The zero-order valence-electron chi connectivity index (χ0n) is 17.2. The predicted molar refractivity (Wildman–Crippen MR) is 134 cm³/mol. The van der Waals surface area contributed by atoms with E-state index in [1.165, 1.54) is 21.8 Å². The van der Waals surface area contributed by atoms with Crippen molar-refractivity contribution in [2.24, 2.45) is 0 Å². The molecule has 0 aliphatic heterocycles. The lowest BCUT2D eigenvalue weighted by Crippen LogP contribution is -1.93. The van der Waals surface area contributed by atoms with Gasteiger partial charge in [-0.3, -0.25) is 0 Å². The Morgan fingerprint density at radius 3 is 1.78 bits per heavy atom. The minimum absolute atomic E-state index is 0.493. The van der Waals surface area contributed by atoms with Crippen LogP contribution in [0, 0.1) is 0 Å². The minimum atomic E-state index is 0.493. The second-order valence-corrected chi connectivity index (χ2v) is 8.23. The first kappa shape index (κ1) is 18.9. The molecule has 2 nitrogen and oxygen atoms in total. The predicted octanol–water partition coefficient (Wildman–Crippen LogP) is 8.17. The number of para-hydroxylation sites is 2. The minimum Gasteiger partial charge on any atom is -0.309 e. The monoisotopic (exact) mass is 430 g/mol. The maximum atomic E-state index is 6.38. The molecule has 6 rings (SSSR count). The number of halogens is 1. The average molecular weight is 431 g/mol.